The van der Waals surface area contributed by atoms with Crippen LogP contribution in [0.15, 0.2) is 18.3 Å². The molecule has 0 unspecified atom stereocenters. The van der Waals surface area contributed by atoms with Gasteiger partial charge in [0.25, 0.3) is 0 Å². The van der Waals surface area contributed by atoms with Crippen LogP contribution in [0.1, 0.15) is 18.9 Å². The summed E-state index contributed by atoms with van der Waals surface area (Å²) in [5, 5.41) is 0. The molecule has 0 aliphatic carbocycles. The predicted molar refractivity (Wildman–Crippen MR) is 52.3 cm³/mol. The number of halogens is 1. The largest absolute Gasteiger partial charge is 0.465 e. The van der Waals surface area contributed by atoms with Gasteiger partial charge >= 0.3 is 5.97 Å². The molecule has 1 heterocycles. The van der Waals surface area contributed by atoms with E-state index in [1.54, 1.807) is 6.92 Å². The zero-order valence-electron chi connectivity index (χ0n) is 8.29. The standard InChI is InChI=1S/C11H10FNO2/c1-2-15-11(14)5-3-4-9-6-7-10(12)13-8-9/h6-8H,2,5H2,1H3. The number of hydrogen-bond donors (Lipinski definition) is 0. The van der Waals surface area contributed by atoms with E-state index >= 15 is 0 Å². The molecular weight excluding hydrogens is 197 g/mol. The SMILES string of the molecule is CCOC(=O)CC#Cc1ccc(F)nc1. The first-order chi connectivity index (χ1) is 7.22. The molecule has 0 N–H and O–H groups in total. The number of ether oxygens (including phenoxy) is 1. The molecule has 0 spiro atoms. The summed E-state index contributed by atoms with van der Waals surface area (Å²) in [6.07, 6.45) is 1.35. The summed E-state index contributed by atoms with van der Waals surface area (Å²) < 4.78 is 17.1. The molecule has 78 valence electrons. The molecule has 0 saturated heterocycles. The van der Waals surface area contributed by atoms with E-state index in [-0.39, 0.29) is 12.4 Å². The van der Waals surface area contributed by atoms with Gasteiger partial charge in [-0.3, -0.25) is 4.79 Å². The van der Waals surface area contributed by atoms with Gasteiger partial charge in [-0.25, -0.2) is 4.98 Å². The summed E-state index contributed by atoms with van der Waals surface area (Å²) in [6, 6.07) is 2.72. The smallest absolute Gasteiger partial charge is 0.317 e. The summed E-state index contributed by atoms with van der Waals surface area (Å²) in [6.45, 7) is 2.08. The molecule has 0 saturated carbocycles. The van der Waals surface area contributed by atoms with Gasteiger partial charge in [-0.05, 0) is 19.1 Å². The van der Waals surface area contributed by atoms with Crippen LogP contribution in [0.25, 0.3) is 0 Å². The highest BCUT2D eigenvalue weighted by molar-refractivity contribution is 5.72. The number of carbonyl (C=O) groups is 1. The van der Waals surface area contributed by atoms with Crippen LogP contribution in [-0.2, 0) is 9.53 Å². The van der Waals surface area contributed by atoms with Crippen molar-refractivity contribution in [2.24, 2.45) is 0 Å². The van der Waals surface area contributed by atoms with Gasteiger partial charge in [-0.15, -0.1) is 0 Å². The summed E-state index contributed by atoms with van der Waals surface area (Å²) in [4.78, 5) is 14.3. The number of hydrogen-bond acceptors (Lipinski definition) is 3. The number of carbonyl (C=O) groups excluding carboxylic acids is 1. The van der Waals surface area contributed by atoms with E-state index in [1.807, 2.05) is 0 Å². The lowest BCUT2D eigenvalue weighted by atomic mass is 10.3. The van der Waals surface area contributed by atoms with Gasteiger partial charge in [0.15, 0.2) is 0 Å². The second-order valence-electron chi connectivity index (χ2n) is 2.65. The average molecular weight is 207 g/mol. The summed E-state index contributed by atoms with van der Waals surface area (Å²) in [5.74, 6) is 4.39. The zero-order chi connectivity index (χ0) is 11.1. The van der Waals surface area contributed by atoms with Gasteiger partial charge in [0.1, 0.15) is 6.42 Å². The summed E-state index contributed by atoms with van der Waals surface area (Å²) >= 11 is 0. The van der Waals surface area contributed by atoms with Crippen LogP contribution in [0.3, 0.4) is 0 Å². The number of aromatic nitrogens is 1. The molecule has 0 atom stereocenters. The summed E-state index contributed by atoms with van der Waals surface area (Å²) in [5.41, 5.74) is 0.570. The van der Waals surface area contributed by atoms with E-state index in [9.17, 15) is 9.18 Å². The Kier molecular flexibility index (Phi) is 4.30. The molecule has 0 amide bonds. The molecule has 0 fully saturated rings. The lowest BCUT2D eigenvalue weighted by Crippen LogP contribution is -2.01. The number of esters is 1. The topological polar surface area (TPSA) is 39.2 Å². The number of nitrogens with zero attached hydrogens (tertiary/aromatic N) is 1. The Balaban J connectivity index is 2.51. The van der Waals surface area contributed by atoms with Gasteiger partial charge in [-0.1, -0.05) is 11.8 Å². The van der Waals surface area contributed by atoms with Crippen LogP contribution >= 0.6 is 0 Å². The second-order valence-corrected chi connectivity index (χ2v) is 2.65. The molecule has 1 aromatic heterocycles. The van der Waals surface area contributed by atoms with Crippen molar-refractivity contribution in [3.8, 4) is 11.8 Å². The maximum atomic E-state index is 12.4. The molecule has 15 heavy (non-hydrogen) atoms. The van der Waals surface area contributed by atoms with Crippen LogP contribution in [0.4, 0.5) is 4.39 Å². The minimum absolute atomic E-state index is 0.0330. The summed E-state index contributed by atoms with van der Waals surface area (Å²) in [7, 11) is 0. The molecule has 0 aliphatic rings. The van der Waals surface area contributed by atoms with Crippen molar-refractivity contribution < 1.29 is 13.9 Å². The van der Waals surface area contributed by atoms with Gasteiger partial charge in [0, 0.05) is 11.8 Å². The lowest BCUT2D eigenvalue weighted by Gasteiger charge is -1.94. The minimum Gasteiger partial charge on any atom is -0.465 e. The lowest BCUT2D eigenvalue weighted by molar-refractivity contribution is -0.141. The Morgan fingerprint density at radius 1 is 1.60 bits per heavy atom. The Bertz CT molecular complexity index is 389. The third kappa shape index (κ3) is 4.23. The molecule has 3 nitrogen and oxygen atoms in total. The van der Waals surface area contributed by atoms with Crippen molar-refractivity contribution in [3.63, 3.8) is 0 Å². The van der Waals surface area contributed by atoms with Gasteiger partial charge in [0.2, 0.25) is 5.95 Å². The average Bonchev–Trinajstić information content (AvgIpc) is 2.21. The number of pyridine rings is 1. The molecule has 4 heteroatoms. The number of rotatable bonds is 2. The molecular formula is C11H10FNO2. The van der Waals surface area contributed by atoms with Gasteiger partial charge in [0.05, 0.1) is 6.61 Å². The third-order valence-electron chi connectivity index (χ3n) is 1.50. The quantitative estimate of drug-likeness (QED) is 0.419. The normalized spacial score (nSPS) is 8.93. The molecule has 1 rings (SSSR count). The maximum absolute atomic E-state index is 12.4. The molecule has 0 aliphatic heterocycles. The maximum Gasteiger partial charge on any atom is 0.317 e. The van der Waals surface area contributed by atoms with Crippen molar-refractivity contribution in [1.82, 2.24) is 4.98 Å². The van der Waals surface area contributed by atoms with Crippen LogP contribution in [0.5, 0.6) is 0 Å². The highest BCUT2D eigenvalue weighted by Crippen LogP contribution is 1.96. The Labute approximate surface area is 87.3 Å². The zero-order valence-corrected chi connectivity index (χ0v) is 8.29. The predicted octanol–water partition coefficient (Wildman–Crippen LogP) is 1.53. The van der Waals surface area contributed by atoms with Crippen LogP contribution < -0.4 is 0 Å². The molecule has 0 bridgehead atoms. The molecule has 0 aromatic carbocycles. The van der Waals surface area contributed by atoms with E-state index in [2.05, 4.69) is 21.6 Å². The van der Waals surface area contributed by atoms with Crippen molar-refractivity contribution in [2.75, 3.05) is 6.61 Å². The Hall–Kier alpha value is -1.89. The highest BCUT2D eigenvalue weighted by atomic mass is 19.1. The first kappa shape index (κ1) is 11.2. The molecule has 0 radical (unpaired) electrons. The second kappa shape index (κ2) is 5.76. The van der Waals surface area contributed by atoms with Gasteiger partial charge in [-0.2, -0.15) is 4.39 Å². The molecule has 1 aromatic rings. The van der Waals surface area contributed by atoms with Crippen molar-refractivity contribution >= 4 is 5.97 Å². The minimum atomic E-state index is -0.550. The van der Waals surface area contributed by atoms with Crippen LogP contribution in [0, 0.1) is 17.8 Å². The fourth-order valence-electron chi connectivity index (χ4n) is 0.880. The van der Waals surface area contributed by atoms with E-state index in [0.29, 0.717) is 12.2 Å². The Morgan fingerprint density at radius 2 is 2.40 bits per heavy atom. The van der Waals surface area contributed by atoms with E-state index in [0.717, 1.165) is 0 Å². The van der Waals surface area contributed by atoms with E-state index in [4.69, 9.17) is 0 Å². The highest BCUT2D eigenvalue weighted by Gasteiger charge is 1.96. The van der Waals surface area contributed by atoms with Crippen LogP contribution in [0.2, 0.25) is 0 Å². The first-order valence-corrected chi connectivity index (χ1v) is 4.48. The van der Waals surface area contributed by atoms with E-state index in [1.165, 1.54) is 18.3 Å². The fraction of sp³-hybridized carbons (Fsp3) is 0.273. The van der Waals surface area contributed by atoms with Crippen LogP contribution in [-0.4, -0.2) is 17.6 Å². The van der Waals surface area contributed by atoms with E-state index < -0.39 is 5.95 Å². The van der Waals surface area contributed by atoms with Crippen molar-refractivity contribution in [3.05, 3.63) is 29.8 Å². The van der Waals surface area contributed by atoms with Crippen molar-refractivity contribution in [2.45, 2.75) is 13.3 Å². The monoisotopic (exact) mass is 207 g/mol. The first-order valence-electron chi connectivity index (χ1n) is 4.48. The third-order valence-corrected chi connectivity index (χ3v) is 1.50. The van der Waals surface area contributed by atoms with Crippen molar-refractivity contribution in [1.29, 1.82) is 0 Å². The fourth-order valence-corrected chi connectivity index (χ4v) is 0.880. The Morgan fingerprint density at radius 3 is 3.00 bits per heavy atom. The van der Waals surface area contributed by atoms with Gasteiger partial charge < -0.3 is 4.74 Å².